The van der Waals surface area contributed by atoms with E-state index < -0.39 is 0 Å². The van der Waals surface area contributed by atoms with Crippen molar-refractivity contribution in [3.05, 3.63) is 11.4 Å². The molecule has 2 N–H and O–H groups in total. The van der Waals surface area contributed by atoms with Gasteiger partial charge in [0, 0.05) is 12.4 Å². The van der Waals surface area contributed by atoms with Gasteiger partial charge in [-0.1, -0.05) is 11.8 Å². The molecule has 0 unspecified atom stereocenters. The second-order valence-corrected chi connectivity index (χ2v) is 5.03. The summed E-state index contributed by atoms with van der Waals surface area (Å²) in [6, 6.07) is 1.95. The molecule has 86 valence electrons. The van der Waals surface area contributed by atoms with E-state index in [1.54, 1.807) is 23.1 Å². The number of nitrogens with two attached hydrogens (primary N) is 1. The molecular formula is C10H13N3OS2. The second-order valence-electron chi connectivity index (χ2n) is 3.08. The van der Waals surface area contributed by atoms with Gasteiger partial charge in [-0.25, -0.2) is 9.97 Å². The fourth-order valence-corrected chi connectivity index (χ4v) is 2.79. The van der Waals surface area contributed by atoms with Crippen LogP contribution in [0.3, 0.4) is 0 Å². The normalized spacial score (nSPS) is 11.1. The third-order valence-electron chi connectivity index (χ3n) is 2.00. The van der Waals surface area contributed by atoms with Gasteiger partial charge in [0.2, 0.25) is 0 Å². The Morgan fingerprint density at radius 2 is 2.38 bits per heavy atom. The summed E-state index contributed by atoms with van der Waals surface area (Å²) in [5, 5.41) is 3.65. The number of aromatic nitrogens is 2. The van der Waals surface area contributed by atoms with Gasteiger partial charge in [-0.3, -0.25) is 0 Å². The molecule has 0 aliphatic carbocycles. The Kier molecular flexibility index (Phi) is 3.98. The van der Waals surface area contributed by atoms with E-state index in [-0.39, 0.29) is 0 Å². The molecular weight excluding hydrogens is 242 g/mol. The first-order valence-electron chi connectivity index (χ1n) is 5.02. The molecule has 0 radical (unpaired) electrons. The molecule has 16 heavy (non-hydrogen) atoms. The molecule has 0 aliphatic rings. The summed E-state index contributed by atoms with van der Waals surface area (Å²) in [6.07, 6.45) is 0. The summed E-state index contributed by atoms with van der Waals surface area (Å²) in [5.41, 5.74) is 5.84. The molecule has 0 aliphatic heterocycles. The zero-order valence-corrected chi connectivity index (χ0v) is 10.6. The van der Waals surface area contributed by atoms with Crippen molar-refractivity contribution in [3.63, 3.8) is 0 Å². The molecule has 0 saturated carbocycles. The molecule has 2 aromatic rings. The van der Waals surface area contributed by atoms with E-state index in [0.29, 0.717) is 12.4 Å². The molecule has 0 spiro atoms. The van der Waals surface area contributed by atoms with Gasteiger partial charge < -0.3 is 10.5 Å². The highest BCUT2D eigenvalue weighted by Gasteiger charge is 2.06. The zero-order valence-electron chi connectivity index (χ0n) is 8.97. The van der Waals surface area contributed by atoms with Gasteiger partial charge in [-0.15, -0.1) is 11.3 Å². The minimum Gasteiger partial charge on any atom is -0.383 e. The standard InChI is InChI=1S/C10H13N3OS2/c1-2-14-4-6-16-10-12-8(11)7-3-5-15-9(7)13-10/h3,5H,2,4,6H2,1H3,(H2,11,12,13). The smallest absolute Gasteiger partial charge is 0.190 e. The first-order chi connectivity index (χ1) is 7.81. The van der Waals surface area contributed by atoms with Crippen molar-refractivity contribution in [2.24, 2.45) is 0 Å². The minimum atomic E-state index is 0.560. The maximum absolute atomic E-state index is 5.84. The summed E-state index contributed by atoms with van der Waals surface area (Å²) in [4.78, 5) is 9.63. The largest absolute Gasteiger partial charge is 0.383 e. The zero-order chi connectivity index (χ0) is 11.4. The lowest BCUT2D eigenvalue weighted by atomic mass is 10.4. The Morgan fingerprint density at radius 1 is 1.50 bits per heavy atom. The van der Waals surface area contributed by atoms with E-state index in [1.165, 1.54) is 0 Å². The lowest BCUT2D eigenvalue weighted by Gasteiger charge is -2.02. The number of thiophene rings is 1. The lowest BCUT2D eigenvalue weighted by Crippen LogP contribution is -1.99. The molecule has 2 rings (SSSR count). The second kappa shape index (κ2) is 5.47. The van der Waals surface area contributed by atoms with Crippen molar-refractivity contribution in [1.82, 2.24) is 9.97 Å². The van der Waals surface area contributed by atoms with Crippen LogP contribution in [0.1, 0.15) is 6.92 Å². The van der Waals surface area contributed by atoms with Gasteiger partial charge >= 0.3 is 0 Å². The van der Waals surface area contributed by atoms with Gasteiger partial charge in [-0.2, -0.15) is 0 Å². The van der Waals surface area contributed by atoms with Crippen LogP contribution in [0.2, 0.25) is 0 Å². The highest BCUT2D eigenvalue weighted by atomic mass is 32.2. The summed E-state index contributed by atoms with van der Waals surface area (Å²) in [7, 11) is 0. The molecule has 4 nitrogen and oxygen atoms in total. The van der Waals surface area contributed by atoms with Gasteiger partial charge in [-0.05, 0) is 18.4 Å². The number of nitrogens with zero attached hydrogens (tertiary/aromatic N) is 2. The van der Waals surface area contributed by atoms with Gasteiger partial charge in [0.25, 0.3) is 0 Å². The predicted octanol–water partition coefficient (Wildman–Crippen LogP) is 2.40. The van der Waals surface area contributed by atoms with Crippen molar-refractivity contribution in [2.45, 2.75) is 12.1 Å². The van der Waals surface area contributed by atoms with Crippen LogP contribution in [0.25, 0.3) is 10.2 Å². The number of thioether (sulfide) groups is 1. The van der Waals surface area contributed by atoms with Gasteiger partial charge in [0.15, 0.2) is 5.16 Å². The summed E-state index contributed by atoms with van der Waals surface area (Å²) < 4.78 is 5.25. The van der Waals surface area contributed by atoms with E-state index >= 15 is 0 Å². The molecule has 0 atom stereocenters. The Balaban J connectivity index is 2.06. The maximum Gasteiger partial charge on any atom is 0.190 e. The van der Waals surface area contributed by atoms with Gasteiger partial charge in [0.1, 0.15) is 10.6 Å². The average Bonchev–Trinajstić information content (AvgIpc) is 2.73. The van der Waals surface area contributed by atoms with E-state index in [4.69, 9.17) is 10.5 Å². The molecule has 6 heteroatoms. The Hall–Kier alpha value is -0.850. The van der Waals surface area contributed by atoms with Crippen LogP contribution in [-0.2, 0) is 4.74 Å². The Labute approximate surface area is 102 Å². The summed E-state index contributed by atoms with van der Waals surface area (Å²) in [6.45, 7) is 3.44. The number of nitrogen functional groups attached to an aromatic ring is 1. The van der Waals surface area contributed by atoms with Gasteiger partial charge in [0.05, 0.1) is 12.0 Å². The van der Waals surface area contributed by atoms with Crippen molar-refractivity contribution in [2.75, 3.05) is 24.7 Å². The predicted molar refractivity (Wildman–Crippen MR) is 69.0 cm³/mol. The fourth-order valence-electron chi connectivity index (χ4n) is 1.26. The van der Waals surface area contributed by atoms with E-state index in [9.17, 15) is 0 Å². The van der Waals surface area contributed by atoms with Crippen molar-refractivity contribution >= 4 is 39.1 Å². The molecule has 0 saturated heterocycles. The Morgan fingerprint density at radius 3 is 3.19 bits per heavy atom. The third kappa shape index (κ3) is 2.63. The average molecular weight is 255 g/mol. The highest BCUT2D eigenvalue weighted by Crippen LogP contribution is 2.25. The van der Waals surface area contributed by atoms with Crippen LogP contribution in [0.5, 0.6) is 0 Å². The maximum atomic E-state index is 5.84. The molecule has 2 heterocycles. The molecule has 0 bridgehead atoms. The van der Waals surface area contributed by atoms with Crippen LogP contribution in [-0.4, -0.2) is 28.9 Å². The summed E-state index contributed by atoms with van der Waals surface area (Å²) >= 11 is 3.16. The molecule has 0 amide bonds. The van der Waals surface area contributed by atoms with E-state index in [1.807, 2.05) is 18.4 Å². The quantitative estimate of drug-likeness (QED) is 0.505. The molecule has 2 aromatic heterocycles. The first-order valence-corrected chi connectivity index (χ1v) is 6.89. The number of anilines is 1. The molecule has 0 aromatic carbocycles. The van der Waals surface area contributed by atoms with Crippen LogP contribution < -0.4 is 5.73 Å². The minimum absolute atomic E-state index is 0.560. The van der Waals surface area contributed by atoms with Crippen molar-refractivity contribution in [1.29, 1.82) is 0 Å². The number of rotatable bonds is 5. The summed E-state index contributed by atoms with van der Waals surface area (Å²) in [5.74, 6) is 1.41. The first kappa shape index (κ1) is 11.6. The number of fused-ring (bicyclic) bond motifs is 1. The number of hydrogen-bond acceptors (Lipinski definition) is 6. The van der Waals surface area contributed by atoms with E-state index in [0.717, 1.165) is 27.7 Å². The Bertz CT molecular complexity index is 472. The van der Waals surface area contributed by atoms with Crippen LogP contribution >= 0.6 is 23.1 Å². The molecule has 0 fully saturated rings. The number of hydrogen-bond donors (Lipinski definition) is 1. The van der Waals surface area contributed by atoms with Crippen molar-refractivity contribution in [3.8, 4) is 0 Å². The van der Waals surface area contributed by atoms with E-state index in [2.05, 4.69) is 9.97 Å². The number of ether oxygens (including phenoxy) is 1. The fraction of sp³-hybridized carbons (Fsp3) is 0.400. The SMILES string of the molecule is CCOCCSc1nc(N)c2ccsc2n1. The lowest BCUT2D eigenvalue weighted by molar-refractivity contribution is 0.164. The van der Waals surface area contributed by atoms with Crippen molar-refractivity contribution < 1.29 is 4.74 Å². The van der Waals surface area contributed by atoms with Crippen LogP contribution in [0.15, 0.2) is 16.6 Å². The van der Waals surface area contributed by atoms with Crippen LogP contribution in [0, 0.1) is 0 Å². The van der Waals surface area contributed by atoms with Crippen LogP contribution in [0.4, 0.5) is 5.82 Å². The topological polar surface area (TPSA) is 61.0 Å². The third-order valence-corrected chi connectivity index (χ3v) is 3.62. The monoisotopic (exact) mass is 255 g/mol. The highest BCUT2D eigenvalue weighted by molar-refractivity contribution is 7.99.